The van der Waals surface area contributed by atoms with Gasteiger partial charge >= 0.3 is 12.1 Å². The van der Waals surface area contributed by atoms with E-state index >= 15 is 0 Å². The second-order valence-electron chi connectivity index (χ2n) is 7.32. The van der Waals surface area contributed by atoms with E-state index < -0.39 is 17.9 Å². The molecule has 0 spiro atoms. The molecule has 5 nitrogen and oxygen atoms in total. The number of rotatable bonds is 9. The van der Waals surface area contributed by atoms with Gasteiger partial charge in [-0.25, -0.2) is 14.0 Å². The molecule has 0 aliphatic heterocycles. The number of benzene rings is 2. The molecule has 156 valence electrons. The molecule has 1 atom stereocenters. The van der Waals surface area contributed by atoms with Crippen molar-refractivity contribution in [2.75, 3.05) is 6.61 Å². The topological polar surface area (TPSA) is 75.6 Å². The van der Waals surface area contributed by atoms with Crippen LogP contribution in [0.1, 0.15) is 49.1 Å². The van der Waals surface area contributed by atoms with E-state index in [2.05, 4.69) is 5.92 Å². The maximum Gasteiger partial charge on any atom is 0.410 e. The van der Waals surface area contributed by atoms with Crippen molar-refractivity contribution in [1.82, 2.24) is 5.32 Å². The van der Waals surface area contributed by atoms with Gasteiger partial charge in [-0.05, 0) is 35.1 Å². The third-order valence-corrected chi connectivity index (χ3v) is 5.33. The number of hydrogen-bond acceptors (Lipinski definition) is 3. The molecule has 0 radical (unpaired) electrons. The molecule has 0 fully saturated rings. The first-order valence-corrected chi connectivity index (χ1v) is 9.95. The molecule has 0 saturated carbocycles. The van der Waals surface area contributed by atoms with E-state index in [4.69, 9.17) is 11.2 Å². The standard InChI is InChI=1S/C24H24FNO4/c1-2-3-4-5-10-15-24(25,22(27)28)26-23(29)30-16-21-19-13-8-6-11-17(19)18-12-7-9-14-20(18)21/h1,6-9,11-14,21H,3-5,10,15-16H2,(H,26,29)(H,27,28)/t24-/m0/s1. The van der Waals surface area contributed by atoms with E-state index in [0.717, 1.165) is 22.3 Å². The summed E-state index contributed by atoms with van der Waals surface area (Å²) < 4.78 is 20.1. The van der Waals surface area contributed by atoms with Gasteiger partial charge in [0.25, 0.3) is 5.79 Å². The number of carboxylic acid groups (broad SMARTS) is 1. The van der Waals surface area contributed by atoms with Gasteiger partial charge in [0.05, 0.1) is 0 Å². The van der Waals surface area contributed by atoms with E-state index in [0.29, 0.717) is 19.3 Å². The molecule has 2 N–H and O–H groups in total. The Kier molecular flexibility index (Phi) is 6.73. The number of carboxylic acids is 1. The Bertz CT molecular complexity index is 922. The van der Waals surface area contributed by atoms with Gasteiger partial charge in [-0.3, -0.25) is 5.32 Å². The zero-order chi connectivity index (χ0) is 21.6. The van der Waals surface area contributed by atoms with Crippen LogP contribution in [0.4, 0.5) is 9.18 Å². The van der Waals surface area contributed by atoms with Crippen molar-refractivity contribution in [3.8, 4) is 23.5 Å². The largest absolute Gasteiger partial charge is 0.477 e. The van der Waals surface area contributed by atoms with Crippen LogP contribution in [0.5, 0.6) is 0 Å². The minimum atomic E-state index is -2.88. The van der Waals surface area contributed by atoms with E-state index in [1.165, 1.54) is 0 Å². The monoisotopic (exact) mass is 409 g/mol. The Morgan fingerprint density at radius 3 is 2.23 bits per heavy atom. The van der Waals surface area contributed by atoms with Gasteiger partial charge in [-0.15, -0.1) is 12.3 Å². The molecule has 0 saturated heterocycles. The van der Waals surface area contributed by atoms with Crippen LogP contribution in [0.2, 0.25) is 0 Å². The second kappa shape index (κ2) is 9.45. The van der Waals surface area contributed by atoms with Crippen LogP contribution in [-0.4, -0.2) is 29.6 Å². The number of carbonyl (C=O) groups excluding carboxylic acids is 1. The van der Waals surface area contributed by atoms with Crippen molar-refractivity contribution >= 4 is 12.1 Å². The molecule has 6 heteroatoms. The summed E-state index contributed by atoms with van der Waals surface area (Å²) in [5.41, 5.74) is 4.17. The molecule has 0 unspecified atom stereocenters. The average molecular weight is 409 g/mol. The Morgan fingerprint density at radius 1 is 1.07 bits per heavy atom. The minimum absolute atomic E-state index is 0.0161. The molecule has 1 aliphatic rings. The number of ether oxygens (including phenoxy) is 1. The van der Waals surface area contributed by atoms with Gasteiger partial charge in [-0.2, -0.15) is 0 Å². The summed E-state index contributed by atoms with van der Waals surface area (Å²) >= 11 is 0. The van der Waals surface area contributed by atoms with Gasteiger partial charge in [0.2, 0.25) is 0 Å². The fourth-order valence-corrected chi connectivity index (χ4v) is 3.79. The fraction of sp³-hybridized carbons (Fsp3) is 0.333. The lowest BCUT2D eigenvalue weighted by Crippen LogP contribution is -2.51. The Hall–Kier alpha value is -3.33. The predicted octanol–water partition coefficient (Wildman–Crippen LogP) is 4.86. The Morgan fingerprint density at radius 2 is 1.67 bits per heavy atom. The molecule has 2 aromatic rings. The summed E-state index contributed by atoms with van der Waals surface area (Å²) in [6, 6.07) is 15.7. The van der Waals surface area contributed by atoms with Crippen LogP contribution in [0.25, 0.3) is 11.1 Å². The third-order valence-electron chi connectivity index (χ3n) is 5.33. The van der Waals surface area contributed by atoms with Gasteiger partial charge < -0.3 is 9.84 Å². The minimum Gasteiger partial charge on any atom is -0.477 e. The maximum absolute atomic E-state index is 14.8. The Labute approximate surface area is 175 Å². The highest BCUT2D eigenvalue weighted by Crippen LogP contribution is 2.44. The number of halogens is 1. The molecule has 1 aliphatic carbocycles. The van der Waals surface area contributed by atoms with E-state index in [-0.39, 0.29) is 25.4 Å². The van der Waals surface area contributed by atoms with Crippen molar-refractivity contribution in [3.05, 3.63) is 59.7 Å². The molecule has 1 amide bonds. The number of amides is 1. The van der Waals surface area contributed by atoms with E-state index in [1.54, 1.807) is 0 Å². The zero-order valence-corrected chi connectivity index (χ0v) is 16.6. The van der Waals surface area contributed by atoms with Crippen molar-refractivity contribution < 1.29 is 23.8 Å². The molecule has 0 aromatic heterocycles. The normalized spacial score (nSPS) is 14.1. The number of fused-ring (bicyclic) bond motifs is 3. The number of aliphatic carboxylic acids is 1. The maximum atomic E-state index is 14.8. The van der Waals surface area contributed by atoms with Crippen LogP contribution in [0.15, 0.2) is 48.5 Å². The molecule has 0 heterocycles. The van der Waals surface area contributed by atoms with Crippen molar-refractivity contribution in [3.63, 3.8) is 0 Å². The van der Waals surface area contributed by atoms with Gasteiger partial charge in [-0.1, -0.05) is 55.0 Å². The highest BCUT2D eigenvalue weighted by molar-refractivity contribution is 5.83. The van der Waals surface area contributed by atoms with Crippen LogP contribution < -0.4 is 5.32 Å². The SMILES string of the molecule is C#CCCCCC[C@](F)(NC(=O)OCC1c2ccccc2-c2ccccc21)C(=O)O. The average Bonchev–Trinajstić information content (AvgIpc) is 3.06. The van der Waals surface area contributed by atoms with Crippen LogP contribution in [-0.2, 0) is 9.53 Å². The lowest BCUT2D eigenvalue weighted by Gasteiger charge is -2.22. The highest BCUT2D eigenvalue weighted by atomic mass is 19.1. The molecule has 3 rings (SSSR count). The lowest BCUT2D eigenvalue weighted by atomic mass is 9.98. The number of unbranched alkanes of at least 4 members (excludes halogenated alkanes) is 3. The fourth-order valence-electron chi connectivity index (χ4n) is 3.79. The summed E-state index contributed by atoms with van der Waals surface area (Å²) in [6.45, 7) is -0.0161. The molecular formula is C24H24FNO4. The number of terminal acetylenes is 1. The lowest BCUT2D eigenvalue weighted by molar-refractivity contribution is -0.153. The summed E-state index contributed by atoms with van der Waals surface area (Å²) in [6.07, 6.45) is 5.81. The first-order valence-electron chi connectivity index (χ1n) is 9.95. The van der Waals surface area contributed by atoms with Crippen molar-refractivity contribution in [2.45, 2.75) is 43.8 Å². The molecular weight excluding hydrogens is 385 g/mol. The second-order valence-corrected chi connectivity index (χ2v) is 7.32. The first kappa shape index (κ1) is 21.4. The molecule has 2 aromatic carbocycles. The van der Waals surface area contributed by atoms with Crippen LogP contribution in [0, 0.1) is 12.3 Å². The number of alkyl carbamates (subject to hydrolysis) is 1. The number of nitrogens with one attached hydrogen (secondary N) is 1. The van der Waals surface area contributed by atoms with E-state index in [1.807, 2.05) is 53.8 Å². The Balaban J connectivity index is 1.62. The van der Waals surface area contributed by atoms with Crippen LogP contribution >= 0.6 is 0 Å². The van der Waals surface area contributed by atoms with Gasteiger partial charge in [0, 0.05) is 18.8 Å². The van der Waals surface area contributed by atoms with Crippen molar-refractivity contribution in [1.29, 1.82) is 0 Å². The summed E-state index contributed by atoms with van der Waals surface area (Å²) in [7, 11) is 0. The molecule has 0 bridgehead atoms. The number of alkyl halides is 1. The molecule has 30 heavy (non-hydrogen) atoms. The number of carbonyl (C=O) groups is 2. The summed E-state index contributed by atoms with van der Waals surface area (Å²) in [5, 5.41) is 11.1. The third kappa shape index (κ3) is 4.62. The van der Waals surface area contributed by atoms with Crippen molar-refractivity contribution in [2.24, 2.45) is 0 Å². The number of hydrogen-bond donors (Lipinski definition) is 2. The highest BCUT2D eigenvalue weighted by Gasteiger charge is 2.40. The van der Waals surface area contributed by atoms with Crippen LogP contribution in [0.3, 0.4) is 0 Å². The van der Waals surface area contributed by atoms with E-state index in [9.17, 15) is 19.1 Å². The smallest absolute Gasteiger partial charge is 0.410 e. The summed E-state index contributed by atoms with van der Waals surface area (Å²) in [5.74, 6) is -2.33. The van der Waals surface area contributed by atoms with Gasteiger partial charge in [0.1, 0.15) is 6.61 Å². The first-order chi connectivity index (χ1) is 14.5. The quantitative estimate of drug-likeness (QED) is 0.352. The van der Waals surface area contributed by atoms with Gasteiger partial charge in [0.15, 0.2) is 0 Å². The predicted molar refractivity (Wildman–Crippen MR) is 112 cm³/mol. The summed E-state index contributed by atoms with van der Waals surface area (Å²) in [4.78, 5) is 23.6. The zero-order valence-electron chi connectivity index (χ0n) is 16.6.